The second-order valence-corrected chi connectivity index (χ2v) is 11.6. The van der Waals surface area contributed by atoms with Crippen LogP contribution in [0.4, 0.5) is 5.69 Å². The van der Waals surface area contributed by atoms with E-state index in [2.05, 4.69) is 38.2 Å². The van der Waals surface area contributed by atoms with Gasteiger partial charge in [0.1, 0.15) is 5.75 Å². The number of rotatable bonds is 12. The van der Waals surface area contributed by atoms with Gasteiger partial charge in [0, 0.05) is 23.3 Å². The van der Waals surface area contributed by atoms with Crippen molar-refractivity contribution in [2.45, 2.75) is 56.4 Å². The van der Waals surface area contributed by atoms with E-state index in [9.17, 15) is 13.2 Å². The first kappa shape index (κ1) is 28.5. The summed E-state index contributed by atoms with van der Waals surface area (Å²) >= 11 is 8.69. The molecular weight excluding hydrogens is 566 g/mol. The second-order valence-electron chi connectivity index (χ2n) is 8.47. The number of sulfonamides is 1. The number of ether oxygens (including phenoxy) is 2. The van der Waals surface area contributed by atoms with Crippen molar-refractivity contribution in [2.75, 3.05) is 25.1 Å². The number of amides is 1. The third kappa shape index (κ3) is 8.81. The summed E-state index contributed by atoms with van der Waals surface area (Å²) in [5.41, 5.74) is 0.905. The van der Waals surface area contributed by atoms with E-state index in [0.717, 1.165) is 43.0 Å². The molecule has 1 atom stereocenters. The van der Waals surface area contributed by atoms with Crippen LogP contribution in [-0.2, 0) is 14.8 Å². The zero-order chi connectivity index (χ0) is 26.0. The predicted molar refractivity (Wildman–Crippen MR) is 148 cm³/mol. The summed E-state index contributed by atoms with van der Waals surface area (Å²) in [6.45, 7) is 3.59. The van der Waals surface area contributed by atoms with Crippen LogP contribution in [0, 0.1) is 0 Å². The van der Waals surface area contributed by atoms with Gasteiger partial charge in [0.15, 0.2) is 5.11 Å². The molecule has 0 saturated carbocycles. The molecule has 1 saturated heterocycles. The summed E-state index contributed by atoms with van der Waals surface area (Å²) in [6, 6.07) is 11.4. The molecule has 0 spiro atoms. The highest BCUT2D eigenvalue weighted by Gasteiger charge is 2.20. The number of benzene rings is 2. The van der Waals surface area contributed by atoms with E-state index in [1.54, 1.807) is 24.3 Å². The van der Waals surface area contributed by atoms with Crippen LogP contribution < -0.4 is 20.1 Å². The number of hydrogen-bond acceptors (Lipinski definition) is 6. The molecule has 0 aliphatic carbocycles. The molecule has 1 amide bonds. The smallest absolute Gasteiger partial charge is 0.261 e. The van der Waals surface area contributed by atoms with Crippen LogP contribution in [0.2, 0.25) is 0 Å². The average Bonchev–Trinajstić information content (AvgIpc) is 3.37. The van der Waals surface area contributed by atoms with Crippen LogP contribution in [0.5, 0.6) is 5.75 Å². The third-order valence-electron chi connectivity index (χ3n) is 5.62. The van der Waals surface area contributed by atoms with Crippen molar-refractivity contribution in [1.82, 2.24) is 10.0 Å². The Balaban J connectivity index is 1.55. The maximum absolute atomic E-state index is 12.9. The Morgan fingerprint density at radius 3 is 2.64 bits per heavy atom. The summed E-state index contributed by atoms with van der Waals surface area (Å²) in [7, 11) is -3.65. The van der Waals surface area contributed by atoms with Crippen molar-refractivity contribution in [3.05, 3.63) is 52.5 Å². The maximum Gasteiger partial charge on any atom is 0.261 e. The van der Waals surface area contributed by atoms with E-state index in [0.29, 0.717) is 30.2 Å². The average molecular weight is 599 g/mol. The fraction of sp³-hybridized carbons (Fsp3) is 0.440. The molecule has 1 heterocycles. The van der Waals surface area contributed by atoms with Crippen molar-refractivity contribution < 1.29 is 22.7 Å². The summed E-state index contributed by atoms with van der Waals surface area (Å²) in [6.07, 6.45) is 5.99. The van der Waals surface area contributed by atoms with Gasteiger partial charge in [-0.25, -0.2) is 13.1 Å². The number of nitrogens with one attached hydrogen (secondary N) is 3. The molecule has 11 heteroatoms. The molecular formula is C25H32BrN3O5S2. The summed E-state index contributed by atoms with van der Waals surface area (Å²) in [4.78, 5) is 13.0. The normalized spacial score (nSPS) is 15.4. The molecule has 2 aromatic rings. The summed E-state index contributed by atoms with van der Waals surface area (Å²) in [5.74, 6) is 0.0787. The van der Waals surface area contributed by atoms with Gasteiger partial charge < -0.3 is 14.8 Å². The van der Waals surface area contributed by atoms with E-state index in [1.165, 1.54) is 12.1 Å². The van der Waals surface area contributed by atoms with Gasteiger partial charge in [0.2, 0.25) is 10.0 Å². The molecule has 196 valence electrons. The molecule has 1 fully saturated rings. The molecule has 1 unspecified atom stereocenters. The molecule has 0 radical (unpaired) electrons. The Hall–Kier alpha value is -2.05. The molecule has 0 aromatic heterocycles. The number of unbranched alkanes of at least 4 members (excludes halogenated alkanes) is 3. The van der Waals surface area contributed by atoms with Gasteiger partial charge in [-0.3, -0.25) is 10.1 Å². The van der Waals surface area contributed by atoms with Crippen molar-refractivity contribution in [2.24, 2.45) is 0 Å². The lowest BCUT2D eigenvalue weighted by molar-refractivity contribution is 0.0973. The number of carbonyl (C=O) groups is 1. The van der Waals surface area contributed by atoms with E-state index in [-0.39, 0.29) is 22.7 Å². The van der Waals surface area contributed by atoms with Crippen LogP contribution in [0.25, 0.3) is 0 Å². The fourth-order valence-electron chi connectivity index (χ4n) is 3.66. The molecule has 8 nitrogen and oxygen atoms in total. The third-order valence-corrected chi connectivity index (χ3v) is 7.75. The lowest BCUT2D eigenvalue weighted by Crippen LogP contribution is -2.34. The second kappa shape index (κ2) is 14.0. The molecule has 1 aliphatic heterocycles. The highest BCUT2D eigenvalue weighted by Crippen LogP contribution is 2.24. The van der Waals surface area contributed by atoms with Gasteiger partial charge >= 0.3 is 0 Å². The zero-order valence-electron chi connectivity index (χ0n) is 20.2. The highest BCUT2D eigenvalue weighted by molar-refractivity contribution is 9.10. The summed E-state index contributed by atoms with van der Waals surface area (Å²) < 4.78 is 39.7. The van der Waals surface area contributed by atoms with Crippen LogP contribution in [0.1, 0.15) is 55.8 Å². The van der Waals surface area contributed by atoms with Crippen LogP contribution in [0.3, 0.4) is 0 Å². The van der Waals surface area contributed by atoms with Gasteiger partial charge in [0.25, 0.3) is 5.91 Å². The first-order valence-corrected chi connectivity index (χ1v) is 14.7. The molecule has 1 aliphatic rings. The van der Waals surface area contributed by atoms with Gasteiger partial charge in [-0.05, 0) is 73.9 Å². The lowest BCUT2D eigenvalue weighted by Gasteiger charge is -2.14. The van der Waals surface area contributed by atoms with Crippen molar-refractivity contribution in [3.8, 4) is 5.75 Å². The topological polar surface area (TPSA) is 106 Å². The van der Waals surface area contributed by atoms with Gasteiger partial charge in [-0.1, -0.05) is 42.1 Å². The SMILES string of the molecule is CCCCCCOc1ccc(Br)cc1C(=O)NC(=S)Nc1ccc(S(=O)(=O)NCC2CCCO2)cc1. The first-order chi connectivity index (χ1) is 17.3. The molecule has 3 N–H and O–H groups in total. The standard InChI is InChI=1S/C25H32BrN3O5S2/c1-2-3-4-5-14-34-23-13-8-18(26)16-22(23)24(30)29-25(35)28-19-9-11-21(12-10-19)36(31,32)27-17-20-7-6-15-33-20/h8-13,16,20,27H,2-7,14-15,17H2,1H3,(H2,28,29,30,35). The summed E-state index contributed by atoms with van der Waals surface area (Å²) in [5, 5.41) is 5.65. The van der Waals surface area contributed by atoms with Gasteiger partial charge in [0.05, 0.1) is 23.2 Å². The number of halogens is 1. The van der Waals surface area contributed by atoms with Crippen LogP contribution in [-0.4, -0.2) is 45.3 Å². The maximum atomic E-state index is 12.9. The Morgan fingerprint density at radius 1 is 1.17 bits per heavy atom. The largest absolute Gasteiger partial charge is 0.493 e. The van der Waals surface area contributed by atoms with E-state index in [4.69, 9.17) is 21.7 Å². The number of hydrogen-bond donors (Lipinski definition) is 3. The minimum Gasteiger partial charge on any atom is -0.493 e. The van der Waals surface area contributed by atoms with E-state index >= 15 is 0 Å². The number of anilines is 1. The Labute approximate surface area is 226 Å². The van der Waals surface area contributed by atoms with Crippen molar-refractivity contribution >= 4 is 54.9 Å². The fourth-order valence-corrected chi connectivity index (χ4v) is 5.30. The predicted octanol–water partition coefficient (Wildman–Crippen LogP) is 4.99. The quantitative estimate of drug-likeness (QED) is 0.234. The monoisotopic (exact) mass is 597 g/mol. The minimum absolute atomic E-state index is 0.0842. The number of thiocarbonyl (C=S) groups is 1. The minimum atomic E-state index is -3.65. The lowest BCUT2D eigenvalue weighted by atomic mass is 10.2. The molecule has 2 aromatic carbocycles. The van der Waals surface area contributed by atoms with Gasteiger partial charge in [-0.2, -0.15) is 0 Å². The van der Waals surface area contributed by atoms with Crippen LogP contribution >= 0.6 is 28.1 Å². The van der Waals surface area contributed by atoms with Gasteiger partial charge in [-0.15, -0.1) is 0 Å². The van der Waals surface area contributed by atoms with Crippen molar-refractivity contribution in [3.63, 3.8) is 0 Å². The first-order valence-electron chi connectivity index (χ1n) is 12.0. The Kier molecular flexibility index (Phi) is 11.1. The number of carbonyl (C=O) groups excluding carboxylic acids is 1. The Bertz CT molecular complexity index is 1140. The molecule has 3 rings (SSSR count). The molecule has 36 heavy (non-hydrogen) atoms. The Morgan fingerprint density at radius 2 is 1.94 bits per heavy atom. The van der Waals surface area contributed by atoms with Crippen molar-refractivity contribution in [1.29, 1.82) is 0 Å². The molecule has 0 bridgehead atoms. The highest BCUT2D eigenvalue weighted by atomic mass is 79.9. The van der Waals surface area contributed by atoms with E-state index in [1.807, 2.05) is 6.07 Å². The zero-order valence-corrected chi connectivity index (χ0v) is 23.4. The van der Waals surface area contributed by atoms with E-state index < -0.39 is 15.9 Å². The van der Waals surface area contributed by atoms with Crippen LogP contribution in [0.15, 0.2) is 51.8 Å².